The highest BCUT2D eigenvalue weighted by molar-refractivity contribution is 5.98. The molecule has 1 fully saturated rings. The van der Waals surface area contributed by atoms with E-state index in [9.17, 15) is 29.1 Å². The van der Waals surface area contributed by atoms with Gasteiger partial charge in [-0.1, -0.05) is 72.8 Å². The molecule has 3 aromatic rings. The smallest absolute Gasteiger partial charge is 0.339 e. The Hall–Kier alpha value is -5.63. The first-order valence-electron chi connectivity index (χ1n) is 20.3. The Morgan fingerprint density at radius 3 is 2.22 bits per heavy atom. The quantitative estimate of drug-likeness (QED) is 0.174. The van der Waals surface area contributed by atoms with E-state index in [1.54, 1.807) is 71.3 Å². The lowest BCUT2D eigenvalue weighted by Crippen LogP contribution is -2.53. The molecule has 3 aliphatic rings. The first kappa shape index (κ1) is 43.9. The standard InChI is InChI=1S/C47H55N3O10/c1-46(2,3)59-41(53)23-21-35(29-51)48-43(54)37(24-30-14-8-7-9-15-30)50(6)44(55)34-25-38(57-45(56)36-19-13-12-16-31(36)20-22-40(52)49(4)5)42-39(26-34)58-47(60-42)27-32-17-10-11-18-33(32)28-47/h7-20,22,26,35,37-39,42,51H,21,23-25,27-29H2,1-6H3,(H,48,54)/t35-,37+,38+,39+,42-/m0/s1. The number of hydrogen-bond donors (Lipinski definition) is 2. The highest BCUT2D eigenvalue weighted by Gasteiger charge is 2.55. The number of nitrogens with one attached hydrogen (secondary N) is 1. The first-order valence-corrected chi connectivity index (χ1v) is 20.3. The summed E-state index contributed by atoms with van der Waals surface area (Å²) in [5, 5.41) is 13.1. The molecule has 0 unspecified atom stereocenters. The zero-order chi connectivity index (χ0) is 43.2. The normalized spacial score (nSPS) is 20.1. The molecule has 5 atom stereocenters. The summed E-state index contributed by atoms with van der Waals surface area (Å²) >= 11 is 0. The van der Waals surface area contributed by atoms with Crippen LogP contribution in [0.3, 0.4) is 0 Å². The van der Waals surface area contributed by atoms with Gasteiger partial charge in [0.15, 0.2) is 5.79 Å². The number of benzene rings is 3. The molecule has 2 N–H and O–H groups in total. The Labute approximate surface area is 351 Å². The molecule has 6 rings (SSSR count). The molecule has 0 aromatic heterocycles. The van der Waals surface area contributed by atoms with Crippen LogP contribution in [0.2, 0.25) is 0 Å². The van der Waals surface area contributed by atoms with Gasteiger partial charge in [0.2, 0.25) is 17.7 Å². The van der Waals surface area contributed by atoms with Crippen molar-refractivity contribution in [3.63, 3.8) is 0 Å². The van der Waals surface area contributed by atoms with Gasteiger partial charge in [0.1, 0.15) is 30.0 Å². The third-order valence-corrected chi connectivity index (χ3v) is 10.8. The lowest BCUT2D eigenvalue weighted by molar-refractivity contribution is -0.172. The molecule has 2 aliphatic carbocycles. The van der Waals surface area contributed by atoms with Gasteiger partial charge in [0.25, 0.3) is 0 Å². The van der Waals surface area contributed by atoms with Crippen molar-refractivity contribution in [2.24, 2.45) is 0 Å². The molecule has 13 nitrogen and oxygen atoms in total. The van der Waals surface area contributed by atoms with Gasteiger partial charge in [-0.2, -0.15) is 0 Å². The Balaban J connectivity index is 1.26. The second-order valence-electron chi connectivity index (χ2n) is 16.8. The summed E-state index contributed by atoms with van der Waals surface area (Å²) in [6.07, 6.45) is 3.33. The van der Waals surface area contributed by atoms with Crippen LogP contribution in [-0.2, 0) is 57.4 Å². The number of ether oxygens (including phenoxy) is 4. The molecule has 1 saturated heterocycles. The number of carbonyl (C=O) groups is 5. The summed E-state index contributed by atoms with van der Waals surface area (Å²) < 4.78 is 25.0. The van der Waals surface area contributed by atoms with E-state index in [1.807, 2.05) is 54.6 Å². The molecule has 318 valence electrons. The number of esters is 2. The van der Waals surface area contributed by atoms with E-state index in [1.165, 1.54) is 22.9 Å². The summed E-state index contributed by atoms with van der Waals surface area (Å²) in [6, 6.07) is 22.2. The van der Waals surface area contributed by atoms with Crippen molar-refractivity contribution in [2.75, 3.05) is 27.7 Å². The zero-order valence-corrected chi connectivity index (χ0v) is 35.1. The molecule has 1 aliphatic heterocycles. The molecule has 0 radical (unpaired) electrons. The predicted octanol–water partition coefficient (Wildman–Crippen LogP) is 4.59. The van der Waals surface area contributed by atoms with Crippen LogP contribution < -0.4 is 5.32 Å². The van der Waals surface area contributed by atoms with Gasteiger partial charge in [-0.05, 0) is 67.7 Å². The molecule has 1 spiro atoms. The second kappa shape index (κ2) is 18.7. The van der Waals surface area contributed by atoms with Crippen LogP contribution in [-0.4, -0.2) is 114 Å². The van der Waals surface area contributed by atoms with E-state index in [4.69, 9.17) is 18.9 Å². The van der Waals surface area contributed by atoms with Crippen molar-refractivity contribution in [1.29, 1.82) is 0 Å². The minimum absolute atomic E-state index is 0.0277. The van der Waals surface area contributed by atoms with Crippen molar-refractivity contribution in [3.05, 3.63) is 124 Å². The molecule has 0 saturated carbocycles. The minimum atomic E-state index is -1.04. The Kier molecular flexibility index (Phi) is 13.7. The third-order valence-electron chi connectivity index (χ3n) is 10.8. The fraction of sp³-hybridized carbons (Fsp3) is 0.426. The first-order chi connectivity index (χ1) is 28.5. The number of aliphatic hydroxyl groups is 1. The molecule has 0 bridgehead atoms. The van der Waals surface area contributed by atoms with E-state index in [0.29, 0.717) is 18.4 Å². The maximum absolute atomic E-state index is 14.7. The van der Waals surface area contributed by atoms with E-state index >= 15 is 0 Å². The molecule has 13 heteroatoms. The second-order valence-corrected chi connectivity index (χ2v) is 16.8. The van der Waals surface area contributed by atoms with Crippen LogP contribution in [0.5, 0.6) is 0 Å². The highest BCUT2D eigenvalue weighted by atomic mass is 16.8. The van der Waals surface area contributed by atoms with Crippen molar-refractivity contribution in [2.45, 2.75) is 101 Å². The maximum Gasteiger partial charge on any atom is 0.339 e. The van der Waals surface area contributed by atoms with Crippen LogP contribution in [0.25, 0.3) is 6.08 Å². The number of rotatable bonds is 14. The molecule has 1 heterocycles. The topological polar surface area (TPSA) is 161 Å². The van der Waals surface area contributed by atoms with Crippen LogP contribution in [0.4, 0.5) is 0 Å². The minimum Gasteiger partial charge on any atom is -0.460 e. The Bertz CT molecular complexity index is 2100. The van der Waals surface area contributed by atoms with Gasteiger partial charge < -0.3 is 39.2 Å². The van der Waals surface area contributed by atoms with Crippen LogP contribution >= 0.6 is 0 Å². The van der Waals surface area contributed by atoms with Crippen LogP contribution in [0.15, 0.2) is 96.6 Å². The number of hydrogen-bond acceptors (Lipinski definition) is 10. The maximum atomic E-state index is 14.7. The van der Waals surface area contributed by atoms with E-state index in [-0.39, 0.29) is 42.7 Å². The largest absolute Gasteiger partial charge is 0.460 e. The fourth-order valence-electron chi connectivity index (χ4n) is 7.79. The summed E-state index contributed by atoms with van der Waals surface area (Å²) in [7, 11) is 4.80. The molecular weight excluding hydrogens is 767 g/mol. The summed E-state index contributed by atoms with van der Waals surface area (Å²) in [6.45, 7) is 4.86. The van der Waals surface area contributed by atoms with Crippen molar-refractivity contribution < 1.29 is 48.0 Å². The van der Waals surface area contributed by atoms with Crippen LogP contribution in [0, 0.1) is 0 Å². The Morgan fingerprint density at radius 1 is 0.917 bits per heavy atom. The van der Waals surface area contributed by atoms with E-state index < -0.39 is 72.1 Å². The number of aliphatic hydroxyl groups excluding tert-OH is 1. The Morgan fingerprint density at radius 2 is 1.57 bits per heavy atom. The van der Waals surface area contributed by atoms with Gasteiger partial charge >= 0.3 is 11.9 Å². The number of likely N-dealkylation sites (N-methyl/N-ethyl adjacent to an activating group) is 2. The lowest BCUT2D eigenvalue weighted by Gasteiger charge is -2.34. The van der Waals surface area contributed by atoms with E-state index in [2.05, 4.69) is 5.32 Å². The summed E-state index contributed by atoms with van der Waals surface area (Å²) in [5.74, 6) is -3.41. The molecular formula is C47H55N3O10. The fourth-order valence-corrected chi connectivity index (χ4v) is 7.79. The summed E-state index contributed by atoms with van der Waals surface area (Å²) in [5.41, 5.74) is 3.25. The average molecular weight is 822 g/mol. The SMILES string of the molecule is CN(C)C(=O)C=Cc1ccccc1C(=O)O[C@@H]1CC(C(=O)N(C)[C@H](Cc2ccccc2)C(=O)N[C@H](CO)CCC(=O)OC(C)(C)C)=C[C@H]2OC3(Cc4ccccc4C3)O[C@H]21. The number of fused-ring (bicyclic) bond motifs is 2. The van der Waals surface area contributed by atoms with Gasteiger partial charge in [0, 0.05) is 64.9 Å². The monoisotopic (exact) mass is 821 g/mol. The highest BCUT2D eigenvalue weighted by Crippen LogP contribution is 2.45. The summed E-state index contributed by atoms with van der Waals surface area (Å²) in [4.78, 5) is 70.4. The zero-order valence-electron chi connectivity index (χ0n) is 35.1. The van der Waals surface area contributed by atoms with Gasteiger partial charge in [-0.15, -0.1) is 0 Å². The van der Waals surface area contributed by atoms with Crippen molar-refractivity contribution in [3.8, 4) is 0 Å². The van der Waals surface area contributed by atoms with Gasteiger partial charge in [-0.3, -0.25) is 19.2 Å². The number of amides is 3. The van der Waals surface area contributed by atoms with Gasteiger partial charge in [-0.25, -0.2) is 4.79 Å². The lowest BCUT2D eigenvalue weighted by atomic mass is 9.90. The molecule has 3 amide bonds. The van der Waals surface area contributed by atoms with E-state index in [0.717, 1.165) is 16.7 Å². The predicted molar refractivity (Wildman–Crippen MR) is 223 cm³/mol. The van der Waals surface area contributed by atoms with Gasteiger partial charge in [0.05, 0.1) is 18.2 Å². The third kappa shape index (κ3) is 10.8. The number of nitrogens with zero attached hydrogens (tertiary/aromatic N) is 2. The average Bonchev–Trinajstić information content (AvgIpc) is 3.77. The number of carbonyl (C=O) groups excluding carboxylic acids is 5. The van der Waals surface area contributed by atoms with Crippen molar-refractivity contribution >= 4 is 35.7 Å². The van der Waals surface area contributed by atoms with Crippen LogP contribution in [0.1, 0.15) is 72.6 Å². The van der Waals surface area contributed by atoms with Crippen molar-refractivity contribution in [1.82, 2.24) is 15.1 Å². The molecule has 3 aromatic carbocycles. The molecule has 60 heavy (non-hydrogen) atoms.